The zero-order valence-corrected chi connectivity index (χ0v) is 15.8. The fourth-order valence-corrected chi connectivity index (χ4v) is 4.45. The second kappa shape index (κ2) is 6.98. The van der Waals surface area contributed by atoms with Crippen molar-refractivity contribution in [1.29, 1.82) is 0 Å². The molecule has 1 fully saturated rings. The maximum atomic E-state index is 5.51. The lowest BCUT2D eigenvalue weighted by Gasteiger charge is -2.36. The van der Waals surface area contributed by atoms with Gasteiger partial charge in [0.25, 0.3) is 0 Å². The highest BCUT2D eigenvalue weighted by atomic mass is 16.5. The molecule has 2 aromatic carbocycles. The molecule has 1 N–H and O–H groups in total. The number of hydrogen-bond donors (Lipinski definition) is 1. The van der Waals surface area contributed by atoms with E-state index in [9.17, 15) is 0 Å². The van der Waals surface area contributed by atoms with Crippen molar-refractivity contribution in [2.24, 2.45) is 0 Å². The number of anilines is 1. The van der Waals surface area contributed by atoms with Gasteiger partial charge in [-0.3, -0.25) is 10.00 Å². The molecule has 1 unspecified atom stereocenters. The Morgan fingerprint density at radius 3 is 2.89 bits per heavy atom. The van der Waals surface area contributed by atoms with Gasteiger partial charge in [0.15, 0.2) is 0 Å². The molecule has 1 saturated heterocycles. The Morgan fingerprint density at radius 2 is 2.04 bits per heavy atom. The fraction of sp³-hybridized carbons (Fsp3) is 0.409. The number of H-pyrrole nitrogens is 1. The monoisotopic (exact) mass is 362 g/mol. The summed E-state index contributed by atoms with van der Waals surface area (Å²) in [5.74, 6) is 0.409. The number of likely N-dealkylation sites (N-methyl/N-ethyl adjacent to an activating group) is 1. The number of benzene rings is 2. The Kier molecular flexibility index (Phi) is 4.34. The van der Waals surface area contributed by atoms with Crippen LogP contribution in [0.5, 0.6) is 0 Å². The van der Waals surface area contributed by atoms with Gasteiger partial charge in [0.05, 0.1) is 24.9 Å². The van der Waals surface area contributed by atoms with E-state index in [0.717, 1.165) is 51.5 Å². The molecule has 140 valence electrons. The summed E-state index contributed by atoms with van der Waals surface area (Å²) < 4.78 is 5.51. The van der Waals surface area contributed by atoms with Gasteiger partial charge in [0, 0.05) is 43.2 Å². The summed E-state index contributed by atoms with van der Waals surface area (Å²) in [6.45, 7) is 9.06. The Labute approximate surface area is 159 Å². The molecular formula is C22H26N4O. The molecule has 0 bridgehead atoms. The van der Waals surface area contributed by atoms with Gasteiger partial charge in [-0.25, -0.2) is 0 Å². The number of aromatic nitrogens is 2. The summed E-state index contributed by atoms with van der Waals surface area (Å²) >= 11 is 0. The van der Waals surface area contributed by atoms with Crippen LogP contribution in [-0.4, -0.2) is 54.5 Å². The highest BCUT2D eigenvalue weighted by molar-refractivity contribution is 5.79. The minimum atomic E-state index is 0.409. The molecule has 3 heterocycles. The number of nitrogens with one attached hydrogen (secondary N) is 1. The molecule has 3 aromatic rings. The van der Waals surface area contributed by atoms with Crippen LogP contribution in [0.15, 0.2) is 42.6 Å². The third-order valence-electron chi connectivity index (χ3n) is 6.03. The minimum Gasteiger partial charge on any atom is -0.378 e. The van der Waals surface area contributed by atoms with E-state index < -0.39 is 0 Å². The van der Waals surface area contributed by atoms with Crippen LogP contribution in [0.25, 0.3) is 10.9 Å². The molecule has 0 amide bonds. The molecule has 5 rings (SSSR count). The first-order chi connectivity index (χ1) is 13.3. The molecular weight excluding hydrogens is 336 g/mol. The summed E-state index contributed by atoms with van der Waals surface area (Å²) in [7, 11) is 0. The van der Waals surface area contributed by atoms with Crippen molar-refractivity contribution >= 4 is 16.6 Å². The first-order valence-electron chi connectivity index (χ1n) is 9.92. The van der Waals surface area contributed by atoms with Gasteiger partial charge in [-0.05, 0) is 47.5 Å². The van der Waals surface area contributed by atoms with E-state index >= 15 is 0 Å². The Morgan fingerprint density at radius 1 is 1.15 bits per heavy atom. The van der Waals surface area contributed by atoms with E-state index in [2.05, 4.69) is 63.3 Å². The highest BCUT2D eigenvalue weighted by Gasteiger charge is 2.27. The van der Waals surface area contributed by atoms with Crippen LogP contribution in [0.1, 0.15) is 29.5 Å². The van der Waals surface area contributed by atoms with Gasteiger partial charge in [0.2, 0.25) is 0 Å². The molecule has 0 spiro atoms. The van der Waals surface area contributed by atoms with Gasteiger partial charge < -0.3 is 9.64 Å². The number of aromatic amines is 1. The number of morpholine rings is 1. The topological polar surface area (TPSA) is 44.4 Å². The number of ether oxygens (including phenoxy) is 1. The number of rotatable bonds is 3. The molecule has 27 heavy (non-hydrogen) atoms. The molecule has 0 radical (unpaired) electrons. The molecule has 0 aliphatic carbocycles. The van der Waals surface area contributed by atoms with E-state index in [4.69, 9.17) is 4.74 Å². The average Bonchev–Trinajstić information content (AvgIpc) is 3.21. The van der Waals surface area contributed by atoms with Crippen molar-refractivity contribution in [3.8, 4) is 0 Å². The lowest BCUT2D eigenvalue weighted by atomic mass is 9.84. The lowest BCUT2D eigenvalue weighted by molar-refractivity contribution is 0.122. The van der Waals surface area contributed by atoms with Gasteiger partial charge in [-0.15, -0.1) is 0 Å². The average molecular weight is 362 g/mol. The van der Waals surface area contributed by atoms with E-state index in [-0.39, 0.29) is 0 Å². The van der Waals surface area contributed by atoms with E-state index in [1.165, 1.54) is 27.8 Å². The molecule has 1 aromatic heterocycles. The van der Waals surface area contributed by atoms with Crippen LogP contribution in [0.4, 0.5) is 5.69 Å². The Balaban J connectivity index is 1.53. The van der Waals surface area contributed by atoms with Gasteiger partial charge >= 0.3 is 0 Å². The number of fused-ring (bicyclic) bond motifs is 2. The van der Waals surface area contributed by atoms with Crippen LogP contribution >= 0.6 is 0 Å². The predicted octanol–water partition coefficient (Wildman–Crippen LogP) is 3.37. The normalized spacial score (nSPS) is 20.8. The van der Waals surface area contributed by atoms with Gasteiger partial charge in [-0.2, -0.15) is 5.10 Å². The van der Waals surface area contributed by atoms with Crippen molar-refractivity contribution < 1.29 is 4.74 Å². The van der Waals surface area contributed by atoms with Gasteiger partial charge in [0.1, 0.15) is 0 Å². The summed E-state index contributed by atoms with van der Waals surface area (Å²) in [4.78, 5) is 5.00. The van der Waals surface area contributed by atoms with E-state index in [0.29, 0.717) is 5.92 Å². The van der Waals surface area contributed by atoms with Crippen LogP contribution in [0, 0.1) is 0 Å². The zero-order valence-electron chi connectivity index (χ0n) is 15.8. The summed E-state index contributed by atoms with van der Waals surface area (Å²) in [5, 5.41) is 8.42. The van der Waals surface area contributed by atoms with Crippen LogP contribution < -0.4 is 4.90 Å². The molecule has 0 saturated carbocycles. The first-order valence-corrected chi connectivity index (χ1v) is 9.92. The van der Waals surface area contributed by atoms with E-state index in [1.807, 2.05) is 6.20 Å². The van der Waals surface area contributed by atoms with Crippen LogP contribution in [-0.2, 0) is 11.3 Å². The van der Waals surface area contributed by atoms with Gasteiger partial charge in [-0.1, -0.05) is 19.1 Å². The van der Waals surface area contributed by atoms with Crippen molar-refractivity contribution in [2.45, 2.75) is 19.4 Å². The number of nitrogens with zero attached hydrogens (tertiary/aromatic N) is 3. The van der Waals surface area contributed by atoms with Crippen LogP contribution in [0.2, 0.25) is 0 Å². The largest absolute Gasteiger partial charge is 0.378 e. The third kappa shape index (κ3) is 3.11. The Hall–Kier alpha value is -2.37. The predicted molar refractivity (Wildman–Crippen MR) is 108 cm³/mol. The standard InChI is InChI=1S/C22H26N4O/c1-2-25-14-18-12-19(26-7-9-27-10-8-26)4-5-20(18)21(15-25)16-3-6-22-17(11-16)13-23-24-22/h3-6,11-13,21H,2,7-10,14-15H2,1H3,(H,23,24). The minimum absolute atomic E-state index is 0.409. The molecule has 5 nitrogen and oxygen atoms in total. The third-order valence-corrected chi connectivity index (χ3v) is 6.03. The van der Waals surface area contributed by atoms with E-state index in [1.54, 1.807) is 0 Å². The maximum absolute atomic E-state index is 5.51. The molecule has 1 atom stereocenters. The first kappa shape index (κ1) is 16.8. The van der Waals surface area contributed by atoms with Crippen molar-refractivity contribution in [2.75, 3.05) is 44.3 Å². The fourth-order valence-electron chi connectivity index (χ4n) is 4.45. The zero-order chi connectivity index (χ0) is 18.2. The van der Waals surface area contributed by atoms with Crippen molar-refractivity contribution in [3.63, 3.8) is 0 Å². The van der Waals surface area contributed by atoms with Crippen molar-refractivity contribution in [3.05, 3.63) is 59.3 Å². The maximum Gasteiger partial charge on any atom is 0.0650 e. The summed E-state index contributed by atoms with van der Waals surface area (Å²) in [6.07, 6.45) is 1.92. The molecule has 5 heteroatoms. The van der Waals surface area contributed by atoms with Crippen molar-refractivity contribution in [1.82, 2.24) is 15.1 Å². The second-order valence-electron chi connectivity index (χ2n) is 7.58. The highest BCUT2D eigenvalue weighted by Crippen LogP contribution is 2.36. The Bertz CT molecular complexity index is 944. The quantitative estimate of drug-likeness (QED) is 0.776. The SMILES string of the molecule is CCN1Cc2cc(N3CCOCC3)ccc2C(c2ccc3[nH]ncc3c2)C1. The number of hydrogen-bond acceptors (Lipinski definition) is 4. The van der Waals surface area contributed by atoms with Crippen LogP contribution in [0.3, 0.4) is 0 Å². The summed E-state index contributed by atoms with van der Waals surface area (Å²) in [6, 6.07) is 13.8. The second-order valence-corrected chi connectivity index (χ2v) is 7.58. The molecule has 2 aliphatic rings. The smallest absolute Gasteiger partial charge is 0.0650 e. The lowest BCUT2D eigenvalue weighted by Crippen LogP contribution is -2.37. The summed E-state index contributed by atoms with van der Waals surface area (Å²) in [5.41, 5.74) is 6.75. The molecule has 2 aliphatic heterocycles.